The smallest absolute Gasteiger partial charge is 0.249 e. The minimum absolute atomic E-state index is 0.0146. The van der Waals surface area contributed by atoms with Gasteiger partial charge < -0.3 is 19.3 Å². The van der Waals surface area contributed by atoms with Gasteiger partial charge in [0, 0.05) is 19.7 Å². The van der Waals surface area contributed by atoms with E-state index in [0.717, 1.165) is 19.4 Å². The van der Waals surface area contributed by atoms with Crippen molar-refractivity contribution in [3.63, 3.8) is 0 Å². The number of ether oxygens (including phenoxy) is 2. The lowest BCUT2D eigenvalue weighted by molar-refractivity contribution is -0.141. The lowest BCUT2D eigenvalue weighted by atomic mass is 10.2. The number of carbonyl (C=O) groups excluding carboxylic acids is 2. The van der Waals surface area contributed by atoms with Crippen LogP contribution in [0, 0.1) is 0 Å². The van der Waals surface area contributed by atoms with Crippen LogP contribution >= 0.6 is 11.6 Å². The summed E-state index contributed by atoms with van der Waals surface area (Å²) in [6.07, 6.45) is 2.11. The highest BCUT2D eigenvalue weighted by Crippen LogP contribution is 2.26. The lowest BCUT2D eigenvalue weighted by Gasteiger charge is -2.34. The molecule has 0 spiro atoms. The van der Waals surface area contributed by atoms with Crippen LogP contribution in [0.2, 0.25) is 5.02 Å². The SMILES string of the molecule is O=C(COC[C@@H]1CCCO1)N1CCN(c2ccccc2Cl)C(=O)C1. The summed E-state index contributed by atoms with van der Waals surface area (Å²) in [4.78, 5) is 27.7. The Morgan fingerprint density at radius 3 is 2.88 bits per heavy atom. The first-order valence-electron chi connectivity index (χ1n) is 8.17. The highest BCUT2D eigenvalue weighted by Gasteiger charge is 2.29. The van der Waals surface area contributed by atoms with Crippen LogP contribution in [0.1, 0.15) is 12.8 Å². The van der Waals surface area contributed by atoms with Crippen molar-refractivity contribution >= 4 is 29.1 Å². The molecule has 0 N–H and O–H groups in total. The monoisotopic (exact) mass is 352 g/mol. The molecule has 2 saturated heterocycles. The van der Waals surface area contributed by atoms with E-state index in [-0.39, 0.29) is 31.1 Å². The minimum atomic E-state index is -0.167. The van der Waals surface area contributed by atoms with Crippen LogP contribution in [-0.2, 0) is 19.1 Å². The lowest BCUT2D eigenvalue weighted by Crippen LogP contribution is -2.53. The quantitative estimate of drug-likeness (QED) is 0.809. The molecule has 1 aromatic carbocycles. The Morgan fingerprint density at radius 2 is 2.17 bits per heavy atom. The molecule has 0 aromatic heterocycles. The van der Waals surface area contributed by atoms with Gasteiger partial charge in [-0.25, -0.2) is 0 Å². The van der Waals surface area contributed by atoms with Gasteiger partial charge in [-0.2, -0.15) is 0 Å². The number of para-hydroxylation sites is 1. The Balaban J connectivity index is 1.48. The van der Waals surface area contributed by atoms with E-state index in [1.165, 1.54) is 4.90 Å². The molecule has 2 fully saturated rings. The first kappa shape index (κ1) is 17.2. The average Bonchev–Trinajstić information content (AvgIpc) is 3.09. The zero-order valence-corrected chi connectivity index (χ0v) is 14.2. The highest BCUT2D eigenvalue weighted by atomic mass is 35.5. The molecular formula is C17H21ClN2O4. The molecule has 24 heavy (non-hydrogen) atoms. The highest BCUT2D eigenvalue weighted by molar-refractivity contribution is 6.33. The summed E-state index contributed by atoms with van der Waals surface area (Å²) in [5.41, 5.74) is 0.686. The van der Waals surface area contributed by atoms with Crippen molar-refractivity contribution in [2.45, 2.75) is 18.9 Å². The Kier molecular flexibility index (Phi) is 5.71. The molecule has 2 aliphatic rings. The van der Waals surface area contributed by atoms with Crippen LogP contribution in [-0.4, -0.2) is 62.3 Å². The Bertz CT molecular complexity index is 604. The molecule has 6 nitrogen and oxygen atoms in total. The fraction of sp³-hybridized carbons (Fsp3) is 0.529. The Hall–Kier alpha value is -1.63. The summed E-state index contributed by atoms with van der Waals surface area (Å²) in [7, 11) is 0. The molecule has 0 unspecified atom stereocenters. The van der Waals surface area contributed by atoms with Gasteiger partial charge in [0.1, 0.15) is 13.2 Å². The molecule has 0 bridgehead atoms. The Labute approximate surface area is 146 Å². The van der Waals surface area contributed by atoms with Crippen LogP contribution < -0.4 is 4.90 Å². The van der Waals surface area contributed by atoms with Crippen LogP contribution in [0.25, 0.3) is 0 Å². The third-order valence-electron chi connectivity index (χ3n) is 4.27. The number of rotatable bonds is 5. The number of anilines is 1. The van der Waals surface area contributed by atoms with Crippen LogP contribution in [0.15, 0.2) is 24.3 Å². The van der Waals surface area contributed by atoms with Crippen molar-refractivity contribution in [1.29, 1.82) is 0 Å². The normalized spacial score (nSPS) is 21.4. The summed E-state index contributed by atoms with van der Waals surface area (Å²) in [5, 5.41) is 0.533. The first-order chi connectivity index (χ1) is 11.6. The molecule has 1 atom stereocenters. The third-order valence-corrected chi connectivity index (χ3v) is 4.59. The molecule has 7 heteroatoms. The van der Waals surface area contributed by atoms with Crippen molar-refractivity contribution < 1.29 is 19.1 Å². The largest absolute Gasteiger partial charge is 0.376 e. The Morgan fingerprint density at radius 1 is 1.33 bits per heavy atom. The standard InChI is InChI=1S/C17H21ClN2O4/c18-14-5-1-2-6-15(14)20-8-7-19(10-16(20)21)17(22)12-23-11-13-4-3-9-24-13/h1-2,5-6,13H,3-4,7-12H2/t13-/m0/s1. The van der Waals surface area contributed by atoms with Crippen molar-refractivity contribution in [2.24, 2.45) is 0 Å². The number of hydrogen-bond acceptors (Lipinski definition) is 4. The predicted molar refractivity (Wildman–Crippen MR) is 90.2 cm³/mol. The molecule has 0 aliphatic carbocycles. The van der Waals surface area contributed by atoms with E-state index in [2.05, 4.69) is 0 Å². The predicted octanol–water partition coefficient (Wildman–Crippen LogP) is 1.71. The zero-order valence-electron chi connectivity index (χ0n) is 13.4. The number of piperazine rings is 1. The molecule has 2 heterocycles. The van der Waals surface area contributed by atoms with E-state index in [0.29, 0.717) is 30.4 Å². The first-order valence-corrected chi connectivity index (χ1v) is 8.55. The van der Waals surface area contributed by atoms with Crippen molar-refractivity contribution in [1.82, 2.24) is 4.90 Å². The second kappa shape index (κ2) is 7.96. The van der Waals surface area contributed by atoms with Crippen LogP contribution in [0.5, 0.6) is 0 Å². The second-order valence-electron chi connectivity index (χ2n) is 5.96. The number of halogens is 1. The van der Waals surface area contributed by atoms with Crippen molar-refractivity contribution in [3.8, 4) is 0 Å². The summed E-state index contributed by atoms with van der Waals surface area (Å²) < 4.78 is 10.9. The minimum Gasteiger partial charge on any atom is -0.376 e. The summed E-state index contributed by atoms with van der Waals surface area (Å²) in [6, 6.07) is 7.22. The summed E-state index contributed by atoms with van der Waals surface area (Å²) in [6.45, 7) is 2.13. The van der Waals surface area contributed by atoms with E-state index in [9.17, 15) is 9.59 Å². The molecule has 1 aromatic rings. The van der Waals surface area contributed by atoms with Gasteiger partial charge in [0.05, 0.1) is 23.4 Å². The summed E-state index contributed by atoms with van der Waals surface area (Å²) in [5.74, 6) is -0.304. The number of benzene rings is 1. The van der Waals surface area contributed by atoms with Gasteiger partial charge in [-0.15, -0.1) is 0 Å². The van der Waals surface area contributed by atoms with E-state index in [1.54, 1.807) is 11.0 Å². The maximum absolute atomic E-state index is 12.4. The molecular weight excluding hydrogens is 332 g/mol. The van der Waals surface area contributed by atoms with E-state index in [1.807, 2.05) is 18.2 Å². The van der Waals surface area contributed by atoms with E-state index < -0.39 is 0 Å². The van der Waals surface area contributed by atoms with Crippen molar-refractivity contribution in [2.75, 3.05) is 44.4 Å². The van der Waals surface area contributed by atoms with Gasteiger partial charge in [-0.1, -0.05) is 23.7 Å². The number of amides is 2. The molecule has 2 amide bonds. The average molecular weight is 353 g/mol. The van der Waals surface area contributed by atoms with Crippen LogP contribution in [0.3, 0.4) is 0 Å². The summed E-state index contributed by atoms with van der Waals surface area (Å²) >= 11 is 6.15. The number of carbonyl (C=O) groups is 2. The van der Waals surface area contributed by atoms with Gasteiger partial charge in [0.25, 0.3) is 0 Å². The van der Waals surface area contributed by atoms with Crippen LogP contribution in [0.4, 0.5) is 5.69 Å². The van der Waals surface area contributed by atoms with E-state index >= 15 is 0 Å². The van der Waals surface area contributed by atoms with Gasteiger partial charge in [0.2, 0.25) is 11.8 Å². The molecule has 3 rings (SSSR count). The molecule has 0 saturated carbocycles. The fourth-order valence-corrected chi connectivity index (χ4v) is 3.19. The zero-order chi connectivity index (χ0) is 16.9. The molecule has 2 aliphatic heterocycles. The third kappa shape index (κ3) is 4.06. The number of hydrogen-bond donors (Lipinski definition) is 0. The van der Waals surface area contributed by atoms with E-state index in [4.69, 9.17) is 21.1 Å². The second-order valence-corrected chi connectivity index (χ2v) is 6.37. The topological polar surface area (TPSA) is 59.1 Å². The maximum atomic E-state index is 12.4. The van der Waals surface area contributed by atoms with Gasteiger partial charge in [-0.3, -0.25) is 9.59 Å². The van der Waals surface area contributed by atoms with Crippen molar-refractivity contribution in [3.05, 3.63) is 29.3 Å². The number of nitrogens with zero attached hydrogens (tertiary/aromatic N) is 2. The van der Waals surface area contributed by atoms with Gasteiger partial charge >= 0.3 is 0 Å². The maximum Gasteiger partial charge on any atom is 0.249 e. The molecule has 0 radical (unpaired) electrons. The van der Waals surface area contributed by atoms with Gasteiger partial charge in [-0.05, 0) is 25.0 Å². The van der Waals surface area contributed by atoms with Gasteiger partial charge in [0.15, 0.2) is 0 Å². The molecule has 130 valence electrons. The fourth-order valence-electron chi connectivity index (χ4n) is 2.96.